The molecule has 0 spiro atoms. The van der Waals surface area contributed by atoms with Gasteiger partial charge in [0.25, 0.3) is 5.91 Å². The molecule has 30 heavy (non-hydrogen) atoms. The summed E-state index contributed by atoms with van der Waals surface area (Å²) < 4.78 is 0. The van der Waals surface area contributed by atoms with E-state index in [1.165, 1.54) is 17.0 Å². The van der Waals surface area contributed by atoms with Gasteiger partial charge in [0.15, 0.2) is 0 Å². The maximum atomic E-state index is 12.8. The van der Waals surface area contributed by atoms with Gasteiger partial charge in [-0.2, -0.15) is 5.26 Å². The summed E-state index contributed by atoms with van der Waals surface area (Å²) in [5, 5.41) is 13.6. The number of para-hydroxylation sites is 2. The summed E-state index contributed by atoms with van der Waals surface area (Å²) in [4.78, 5) is 17.6. The average molecular weight is 438 g/mol. The first-order valence-corrected chi connectivity index (χ1v) is 10.7. The average Bonchev–Trinajstić information content (AvgIpc) is 3.12. The second kappa shape index (κ2) is 8.66. The first-order chi connectivity index (χ1) is 14.6. The van der Waals surface area contributed by atoms with Crippen LogP contribution in [0.4, 0.5) is 22.1 Å². The summed E-state index contributed by atoms with van der Waals surface area (Å²) in [7, 11) is 0. The molecular formula is C22H20ClN5OS. The topological polar surface area (TPSA) is 85.4 Å². The van der Waals surface area contributed by atoms with Crippen LogP contribution in [0.25, 0.3) is 0 Å². The number of nitriles is 1. The fraction of sp³-hybridized carbons (Fsp3) is 0.182. The zero-order chi connectivity index (χ0) is 21.1. The number of hydrogen-bond acceptors (Lipinski definition) is 6. The lowest BCUT2D eigenvalue weighted by Gasteiger charge is -2.36. The van der Waals surface area contributed by atoms with Crippen molar-refractivity contribution in [2.24, 2.45) is 0 Å². The Hall–Kier alpha value is -3.21. The zero-order valence-corrected chi connectivity index (χ0v) is 17.7. The number of anilines is 4. The number of nitrogens with zero attached hydrogens (tertiary/aromatic N) is 3. The Bertz CT molecular complexity index is 1100. The number of hydrogen-bond donors (Lipinski definition) is 2. The van der Waals surface area contributed by atoms with Gasteiger partial charge in [-0.1, -0.05) is 41.9 Å². The van der Waals surface area contributed by atoms with Crippen LogP contribution < -0.4 is 20.9 Å². The van der Waals surface area contributed by atoms with E-state index in [0.717, 1.165) is 31.2 Å². The molecule has 1 fully saturated rings. The van der Waals surface area contributed by atoms with Gasteiger partial charge >= 0.3 is 0 Å². The second-order valence-corrected chi connectivity index (χ2v) is 8.29. The van der Waals surface area contributed by atoms with E-state index in [9.17, 15) is 10.1 Å². The normalized spacial score (nSPS) is 13.7. The molecule has 0 saturated carbocycles. The predicted molar refractivity (Wildman–Crippen MR) is 124 cm³/mol. The number of nitrogens with two attached hydrogens (primary N) is 1. The van der Waals surface area contributed by atoms with E-state index >= 15 is 0 Å². The third-order valence-electron chi connectivity index (χ3n) is 5.05. The van der Waals surface area contributed by atoms with Crippen LogP contribution in [-0.4, -0.2) is 32.1 Å². The number of carbonyl (C=O) groups excluding carboxylic acids is 1. The summed E-state index contributed by atoms with van der Waals surface area (Å²) in [6.07, 6.45) is 0. The molecule has 4 rings (SSSR count). The molecule has 2 heterocycles. The van der Waals surface area contributed by atoms with Gasteiger partial charge in [-0.25, -0.2) is 0 Å². The van der Waals surface area contributed by atoms with Gasteiger partial charge in [0.2, 0.25) is 0 Å². The van der Waals surface area contributed by atoms with Crippen molar-refractivity contribution in [3.05, 3.63) is 70.1 Å². The van der Waals surface area contributed by atoms with E-state index in [4.69, 9.17) is 17.3 Å². The van der Waals surface area contributed by atoms with E-state index < -0.39 is 0 Å². The number of carbonyl (C=O) groups is 1. The summed E-state index contributed by atoms with van der Waals surface area (Å²) in [6, 6.07) is 19.4. The fourth-order valence-electron chi connectivity index (χ4n) is 3.48. The lowest BCUT2D eigenvalue weighted by atomic mass is 10.2. The van der Waals surface area contributed by atoms with Crippen molar-refractivity contribution < 1.29 is 4.79 Å². The van der Waals surface area contributed by atoms with Gasteiger partial charge in [0, 0.05) is 31.9 Å². The van der Waals surface area contributed by atoms with Gasteiger partial charge in [0.1, 0.15) is 21.5 Å². The molecule has 2 aromatic carbocycles. The minimum Gasteiger partial charge on any atom is -0.396 e. The molecule has 0 unspecified atom stereocenters. The second-order valence-electron chi connectivity index (χ2n) is 6.88. The molecule has 1 aliphatic heterocycles. The SMILES string of the molecule is N#Cc1c(N2CCN(c3ccccc3)CC2)sc(C(=O)Nc2ccccc2Cl)c1N. The first kappa shape index (κ1) is 20.1. The monoisotopic (exact) mass is 437 g/mol. The largest absolute Gasteiger partial charge is 0.396 e. The fourth-order valence-corrected chi connectivity index (χ4v) is 4.78. The molecule has 6 nitrogen and oxygen atoms in total. The van der Waals surface area contributed by atoms with Crippen LogP contribution >= 0.6 is 22.9 Å². The number of nitrogen functional groups attached to an aromatic ring is 1. The highest BCUT2D eigenvalue weighted by Crippen LogP contribution is 2.39. The number of rotatable bonds is 4. The number of nitrogens with one attached hydrogen (secondary N) is 1. The Morgan fingerprint density at radius 2 is 1.67 bits per heavy atom. The smallest absolute Gasteiger partial charge is 0.268 e. The molecule has 1 amide bonds. The van der Waals surface area contributed by atoms with Crippen molar-refractivity contribution in [1.29, 1.82) is 5.26 Å². The Labute approximate surface area is 184 Å². The molecule has 3 N–H and O–H groups in total. The van der Waals surface area contributed by atoms with Gasteiger partial charge in [-0.3, -0.25) is 4.79 Å². The molecule has 3 aromatic rings. The van der Waals surface area contributed by atoms with Crippen LogP contribution in [0, 0.1) is 11.3 Å². The summed E-state index contributed by atoms with van der Waals surface area (Å²) in [5.74, 6) is -0.365. The summed E-state index contributed by atoms with van der Waals surface area (Å²) in [5.41, 5.74) is 8.45. The molecule has 1 aliphatic rings. The minimum atomic E-state index is -0.365. The Morgan fingerprint density at radius 3 is 2.33 bits per heavy atom. The van der Waals surface area contributed by atoms with E-state index in [1.54, 1.807) is 24.3 Å². The van der Waals surface area contributed by atoms with Gasteiger partial charge in [0.05, 0.1) is 16.4 Å². The molecule has 1 saturated heterocycles. The maximum Gasteiger partial charge on any atom is 0.268 e. The van der Waals surface area contributed by atoms with Crippen molar-refractivity contribution in [3.8, 4) is 6.07 Å². The Morgan fingerprint density at radius 1 is 1.03 bits per heavy atom. The van der Waals surface area contributed by atoms with Crippen LogP contribution in [0.15, 0.2) is 54.6 Å². The van der Waals surface area contributed by atoms with Crippen molar-refractivity contribution >= 4 is 50.9 Å². The lowest BCUT2D eigenvalue weighted by molar-refractivity contribution is 0.103. The summed E-state index contributed by atoms with van der Waals surface area (Å²) in [6.45, 7) is 3.14. The van der Waals surface area contributed by atoms with Crippen molar-refractivity contribution in [2.45, 2.75) is 0 Å². The summed E-state index contributed by atoms with van der Waals surface area (Å²) >= 11 is 7.39. The number of thiophene rings is 1. The molecule has 8 heteroatoms. The van der Waals surface area contributed by atoms with Gasteiger partial charge in [-0.05, 0) is 24.3 Å². The third kappa shape index (κ3) is 3.92. The van der Waals surface area contributed by atoms with E-state index in [2.05, 4.69) is 33.3 Å². The highest BCUT2D eigenvalue weighted by Gasteiger charge is 2.27. The molecule has 0 radical (unpaired) electrons. The van der Waals surface area contributed by atoms with E-state index in [1.807, 2.05) is 18.2 Å². The first-order valence-electron chi connectivity index (χ1n) is 9.51. The number of benzene rings is 2. The standard InChI is InChI=1S/C22H20ClN5OS/c23-17-8-4-5-9-18(17)26-21(29)20-19(25)16(14-24)22(30-20)28-12-10-27(11-13-28)15-6-2-1-3-7-15/h1-9H,10-13,25H2,(H,26,29). The van der Waals surface area contributed by atoms with Crippen LogP contribution in [0.1, 0.15) is 15.2 Å². The third-order valence-corrected chi connectivity index (χ3v) is 6.65. The van der Waals surface area contributed by atoms with Crippen molar-refractivity contribution in [2.75, 3.05) is 47.0 Å². The highest BCUT2D eigenvalue weighted by molar-refractivity contribution is 7.19. The van der Waals surface area contributed by atoms with Crippen molar-refractivity contribution in [3.63, 3.8) is 0 Å². The zero-order valence-electron chi connectivity index (χ0n) is 16.1. The van der Waals surface area contributed by atoms with Crippen LogP contribution in [0.2, 0.25) is 5.02 Å². The highest BCUT2D eigenvalue weighted by atomic mass is 35.5. The molecule has 0 atom stereocenters. The quantitative estimate of drug-likeness (QED) is 0.630. The van der Waals surface area contributed by atoms with Gasteiger partial charge < -0.3 is 20.9 Å². The molecular weight excluding hydrogens is 418 g/mol. The van der Waals surface area contributed by atoms with Crippen LogP contribution in [0.3, 0.4) is 0 Å². The predicted octanol–water partition coefficient (Wildman–Crippen LogP) is 4.43. The minimum absolute atomic E-state index is 0.215. The van der Waals surface area contributed by atoms with Crippen LogP contribution in [0.5, 0.6) is 0 Å². The van der Waals surface area contributed by atoms with E-state index in [-0.39, 0.29) is 11.6 Å². The number of amides is 1. The Kier molecular flexibility index (Phi) is 5.79. The lowest BCUT2D eigenvalue weighted by Crippen LogP contribution is -2.46. The van der Waals surface area contributed by atoms with Crippen molar-refractivity contribution in [1.82, 2.24) is 0 Å². The molecule has 0 aliphatic carbocycles. The Balaban J connectivity index is 1.53. The maximum absolute atomic E-state index is 12.8. The van der Waals surface area contributed by atoms with E-state index in [0.29, 0.717) is 21.2 Å². The molecule has 1 aromatic heterocycles. The molecule has 152 valence electrons. The van der Waals surface area contributed by atoms with Crippen LogP contribution in [-0.2, 0) is 0 Å². The number of halogens is 1. The van der Waals surface area contributed by atoms with Gasteiger partial charge in [-0.15, -0.1) is 11.3 Å². The molecule has 0 bridgehead atoms. The number of piperazine rings is 1.